The van der Waals surface area contributed by atoms with Crippen molar-refractivity contribution in [3.8, 4) is 0 Å². The van der Waals surface area contributed by atoms with E-state index in [4.69, 9.17) is 0 Å². The van der Waals surface area contributed by atoms with E-state index in [1.54, 1.807) is 17.5 Å². The van der Waals surface area contributed by atoms with Crippen molar-refractivity contribution in [2.45, 2.75) is 20.0 Å². The van der Waals surface area contributed by atoms with Crippen molar-refractivity contribution in [2.75, 3.05) is 0 Å². The maximum atomic E-state index is 11.5. The molecule has 0 bridgehead atoms. The van der Waals surface area contributed by atoms with Gasteiger partial charge in [0.05, 0.1) is 18.8 Å². The number of aromatic nitrogens is 2. The number of H-pyrrole nitrogens is 1. The molecule has 0 spiro atoms. The lowest BCUT2D eigenvalue weighted by Crippen LogP contribution is -2.34. The van der Waals surface area contributed by atoms with E-state index in [-0.39, 0.29) is 6.03 Å². The molecule has 2 rings (SSSR count). The zero-order valence-electron chi connectivity index (χ0n) is 9.49. The Kier molecular flexibility index (Phi) is 3.77. The maximum Gasteiger partial charge on any atom is 0.315 e. The zero-order chi connectivity index (χ0) is 12.1. The monoisotopic (exact) mass is 250 g/mol. The molecule has 0 fully saturated rings. The summed E-state index contributed by atoms with van der Waals surface area (Å²) in [4.78, 5) is 13.9. The Labute approximate surface area is 103 Å². The number of amides is 2. The van der Waals surface area contributed by atoms with Gasteiger partial charge in [0.15, 0.2) is 0 Å². The Morgan fingerprint density at radius 1 is 1.35 bits per heavy atom. The van der Waals surface area contributed by atoms with Gasteiger partial charge in [-0.3, -0.25) is 5.10 Å². The molecule has 2 aromatic heterocycles. The molecular formula is C11H14N4OS. The lowest BCUT2D eigenvalue weighted by molar-refractivity contribution is 0.240. The van der Waals surface area contributed by atoms with E-state index in [2.05, 4.69) is 20.8 Å². The zero-order valence-corrected chi connectivity index (χ0v) is 10.3. The quantitative estimate of drug-likeness (QED) is 0.774. The summed E-state index contributed by atoms with van der Waals surface area (Å²) in [5.74, 6) is 0. The first kappa shape index (κ1) is 11.7. The van der Waals surface area contributed by atoms with E-state index in [1.807, 2.05) is 25.1 Å². The van der Waals surface area contributed by atoms with Gasteiger partial charge in [-0.1, -0.05) is 0 Å². The third-order valence-electron chi connectivity index (χ3n) is 2.22. The number of hydrogen-bond donors (Lipinski definition) is 3. The Morgan fingerprint density at radius 2 is 2.18 bits per heavy atom. The van der Waals surface area contributed by atoms with E-state index in [1.165, 1.54) is 4.88 Å². The van der Waals surface area contributed by atoms with Gasteiger partial charge in [0.25, 0.3) is 0 Å². The predicted octanol–water partition coefficient (Wildman–Crippen LogP) is 1.78. The van der Waals surface area contributed by atoms with Crippen LogP contribution >= 0.6 is 11.3 Å². The van der Waals surface area contributed by atoms with Gasteiger partial charge in [-0.15, -0.1) is 11.3 Å². The number of nitrogens with zero attached hydrogens (tertiary/aromatic N) is 1. The maximum absolute atomic E-state index is 11.5. The molecule has 0 aromatic carbocycles. The second-order valence-electron chi connectivity index (χ2n) is 3.63. The van der Waals surface area contributed by atoms with Crippen LogP contribution in [0, 0.1) is 6.92 Å². The van der Waals surface area contributed by atoms with Crippen LogP contribution in [-0.2, 0) is 13.1 Å². The Morgan fingerprint density at radius 3 is 2.82 bits per heavy atom. The first-order chi connectivity index (χ1) is 8.24. The topological polar surface area (TPSA) is 69.8 Å². The summed E-state index contributed by atoms with van der Waals surface area (Å²) in [5.41, 5.74) is 0.882. The largest absolute Gasteiger partial charge is 0.333 e. The minimum atomic E-state index is -0.175. The number of urea groups is 1. The fraction of sp³-hybridized carbons (Fsp3) is 0.273. The highest BCUT2D eigenvalue weighted by atomic mass is 32.1. The van der Waals surface area contributed by atoms with Gasteiger partial charge in [-0.05, 0) is 25.1 Å². The van der Waals surface area contributed by atoms with Crippen molar-refractivity contribution in [1.29, 1.82) is 0 Å². The van der Waals surface area contributed by atoms with Gasteiger partial charge in [0.1, 0.15) is 0 Å². The van der Waals surface area contributed by atoms with Crippen molar-refractivity contribution < 1.29 is 4.79 Å². The highest BCUT2D eigenvalue weighted by Crippen LogP contribution is 2.14. The van der Waals surface area contributed by atoms with Gasteiger partial charge in [-0.2, -0.15) is 5.10 Å². The standard InChI is InChI=1S/C11H14N4OS/c1-8-2-3-10(17-8)7-13-11(16)12-6-9-4-5-14-15-9/h2-5H,6-7H2,1H3,(H,14,15)(H2,12,13,16). The number of carbonyl (C=O) groups excluding carboxylic acids is 1. The first-order valence-electron chi connectivity index (χ1n) is 5.29. The molecule has 0 atom stereocenters. The number of rotatable bonds is 4. The molecule has 5 nitrogen and oxygen atoms in total. The van der Waals surface area contributed by atoms with Crippen LogP contribution in [0.25, 0.3) is 0 Å². The summed E-state index contributed by atoms with van der Waals surface area (Å²) in [6.07, 6.45) is 1.66. The summed E-state index contributed by atoms with van der Waals surface area (Å²) in [5, 5.41) is 12.1. The van der Waals surface area contributed by atoms with Crippen LogP contribution in [0.5, 0.6) is 0 Å². The molecule has 0 unspecified atom stereocenters. The highest BCUT2D eigenvalue weighted by Gasteiger charge is 2.02. The third kappa shape index (κ3) is 3.60. The summed E-state index contributed by atoms with van der Waals surface area (Å²) < 4.78 is 0. The van der Waals surface area contributed by atoms with Crippen molar-refractivity contribution in [3.05, 3.63) is 39.8 Å². The van der Waals surface area contributed by atoms with Crippen LogP contribution in [0.2, 0.25) is 0 Å². The molecular weight excluding hydrogens is 236 g/mol. The van der Waals surface area contributed by atoms with Crippen LogP contribution < -0.4 is 10.6 Å². The second-order valence-corrected chi connectivity index (χ2v) is 5.00. The highest BCUT2D eigenvalue weighted by molar-refractivity contribution is 7.11. The van der Waals surface area contributed by atoms with Crippen LogP contribution in [0.4, 0.5) is 4.79 Å². The molecule has 2 aromatic rings. The molecule has 17 heavy (non-hydrogen) atoms. The SMILES string of the molecule is Cc1ccc(CNC(=O)NCc2ccn[nH]2)s1. The number of aromatic amines is 1. The minimum Gasteiger partial charge on any atom is -0.333 e. The van der Waals surface area contributed by atoms with E-state index >= 15 is 0 Å². The lowest BCUT2D eigenvalue weighted by Gasteiger charge is -2.05. The molecule has 0 aliphatic heterocycles. The molecule has 3 N–H and O–H groups in total. The van der Waals surface area contributed by atoms with E-state index in [9.17, 15) is 4.79 Å². The average Bonchev–Trinajstić information content (AvgIpc) is 2.95. The minimum absolute atomic E-state index is 0.175. The van der Waals surface area contributed by atoms with Crippen molar-refractivity contribution >= 4 is 17.4 Å². The van der Waals surface area contributed by atoms with Gasteiger partial charge in [-0.25, -0.2) is 4.79 Å². The summed E-state index contributed by atoms with van der Waals surface area (Å²) in [6.45, 7) is 3.06. The Balaban J connectivity index is 1.71. The van der Waals surface area contributed by atoms with Gasteiger partial charge < -0.3 is 10.6 Å². The third-order valence-corrected chi connectivity index (χ3v) is 3.22. The molecule has 0 saturated carbocycles. The van der Waals surface area contributed by atoms with Gasteiger partial charge in [0.2, 0.25) is 0 Å². The van der Waals surface area contributed by atoms with Crippen LogP contribution in [0.1, 0.15) is 15.4 Å². The second kappa shape index (κ2) is 5.49. The fourth-order valence-electron chi connectivity index (χ4n) is 1.37. The summed E-state index contributed by atoms with van der Waals surface area (Å²) in [7, 11) is 0. The number of thiophene rings is 1. The molecule has 0 radical (unpaired) electrons. The molecule has 2 heterocycles. The molecule has 0 saturated heterocycles. The number of carbonyl (C=O) groups is 1. The predicted molar refractivity (Wildman–Crippen MR) is 66.7 cm³/mol. The lowest BCUT2D eigenvalue weighted by atomic mass is 10.4. The van der Waals surface area contributed by atoms with Crippen LogP contribution in [0.3, 0.4) is 0 Å². The molecule has 0 aliphatic carbocycles. The van der Waals surface area contributed by atoms with Crippen molar-refractivity contribution in [3.63, 3.8) is 0 Å². The Hall–Kier alpha value is -1.82. The molecule has 2 amide bonds. The van der Waals surface area contributed by atoms with Gasteiger partial charge in [0, 0.05) is 16.0 Å². The van der Waals surface area contributed by atoms with Gasteiger partial charge >= 0.3 is 6.03 Å². The normalized spacial score (nSPS) is 10.2. The van der Waals surface area contributed by atoms with E-state index < -0.39 is 0 Å². The van der Waals surface area contributed by atoms with Crippen LogP contribution in [0.15, 0.2) is 24.4 Å². The number of hydrogen-bond acceptors (Lipinski definition) is 3. The first-order valence-corrected chi connectivity index (χ1v) is 6.11. The summed E-state index contributed by atoms with van der Waals surface area (Å²) in [6, 6.07) is 5.72. The van der Waals surface area contributed by atoms with Crippen LogP contribution in [-0.4, -0.2) is 16.2 Å². The smallest absolute Gasteiger partial charge is 0.315 e. The van der Waals surface area contributed by atoms with E-state index in [0.29, 0.717) is 13.1 Å². The van der Waals surface area contributed by atoms with E-state index in [0.717, 1.165) is 10.6 Å². The molecule has 6 heteroatoms. The van der Waals surface area contributed by atoms with Crippen molar-refractivity contribution in [1.82, 2.24) is 20.8 Å². The Bertz CT molecular complexity index is 477. The molecule has 0 aliphatic rings. The summed E-state index contributed by atoms with van der Waals surface area (Å²) >= 11 is 1.69. The number of nitrogens with one attached hydrogen (secondary N) is 3. The molecule has 90 valence electrons. The average molecular weight is 250 g/mol. The fourth-order valence-corrected chi connectivity index (χ4v) is 2.20. The van der Waals surface area contributed by atoms with Crippen molar-refractivity contribution in [2.24, 2.45) is 0 Å². The number of aryl methyl sites for hydroxylation is 1.